The van der Waals surface area contributed by atoms with Crippen LogP contribution in [0, 0.1) is 12.7 Å². The lowest BCUT2D eigenvalue weighted by atomic mass is 10.0. The Hall–Kier alpha value is -2.63. The lowest BCUT2D eigenvalue weighted by Gasteiger charge is -2.18. The molecule has 0 aliphatic carbocycles. The number of rotatable bonds is 6. The first kappa shape index (κ1) is 21.6. The maximum absolute atomic E-state index is 14.0. The van der Waals surface area contributed by atoms with E-state index < -0.39 is 21.7 Å². The fourth-order valence-electron chi connectivity index (χ4n) is 3.75. The molecule has 1 aromatic carbocycles. The number of ether oxygens (including phenoxy) is 1. The number of aromatic nitrogens is 2. The Morgan fingerprint density at radius 2 is 2.16 bits per heavy atom. The molecule has 0 spiro atoms. The predicted octanol–water partition coefficient (Wildman–Crippen LogP) is 2.24. The third-order valence-corrected chi connectivity index (χ3v) is 7.77. The number of amides is 1. The van der Waals surface area contributed by atoms with Crippen LogP contribution in [0.5, 0.6) is 5.75 Å². The second kappa shape index (κ2) is 8.13. The average molecular weight is 465 g/mol. The van der Waals surface area contributed by atoms with E-state index >= 15 is 0 Å². The fourth-order valence-corrected chi connectivity index (χ4v) is 5.65. The number of primary amides is 1. The van der Waals surface area contributed by atoms with Crippen molar-refractivity contribution >= 4 is 37.5 Å². The molecule has 31 heavy (non-hydrogen) atoms. The molecule has 11 heteroatoms. The number of fused-ring (bicyclic) bond motifs is 1. The molecule has 1 saturated heterocycles. The number of nitrogens with zero attached hydrogens (tertiary/aromatic N) is 3. The summed E-state index contributed by atoms with van der Waals surface area (Å²) in [5.74, 6) is -0.628. The van der Waals surface area contributed by atoms with Gasteiger partial charge in [-0.05, 0) is 25.0 Å². The van der Waals surface area contributed by atoms with Crippen molar-refractivity contribution in [1.82, 2.24) is 14.3 Å². The highest BCUT2D eigenvalue weighted by Crippen LogP contribution is 2.33. The molecule has 4 rings (SSSR count). The Morgan fingerprint density at radius 3 is 2.84 bits per heavy atom. The van der Waals surface area contributed by atoms with Crippen LogP contribution < -0.4 is 10.5 Å². The molecule has 1 fully saturated rings. The lowest BCUT2D eigenvalue weighted by molar-refractivity contribution is 0.100. The molecule has 0 saturated carbocycles. The van der Waals surface area contributed by atoms with Crippen molar-refractivity contribution < 1.29 is 22.3 Å². The number of halogens is 1. The molecule has 3 aromatic rings. The number of hydrogen-bond acceptors (Lipinski definition) is 7. The standard InChI is InChI=1S/C20H21FN4O4S2/c1-11-17-15(23-10-24-20(17)30-18(11)19(22)26)7-12-3-4-13(21)8-16(12)29-14-5-6-25(9-14)31(2,27)28/h3-4,8,10,14H,5-7,9H2,1-2H3,(H2,22,26)/t14-/m0/s1. The van der Waals surface area contributed by atoms with Crippen LogP contribution in [0.15, 0.2) is 24.5 Å². The van der Waals surface area contributed by atoms with Crippen molar-refractivity contribution in [3.63, 3.8) is 0 Å². The highest BCUT2D eigenvalue weighted by molar-refractivity contribution is 7.88. The number of aryl methyl sites for hydroxylation is 1. The normalized spacial score (nSPS) is 17.3. The SMILES string of the molecule is Cc1c(C(N)=O)sc2ncnc(Cc3ccc(F)cc3O[C@H]3CCN(S(C)(=O)=O)C3)c12. The maximum atomic E-state index is 14.0. The van der Waals surface area contributed by atoms with Crippen molar-refractivity contribution in [2.24, 2.45) is 5.73 Å². The first-order valence-electron chi connectivity index (χ1n) is 9.56. The summed E-state index contributed by atoms with van der Waals surface area (Å²) in [7, 11) is -3.30. The summed E-state index contributed by atoms with van der Waals surface area (Å²) in [6.45, 7) is 2.38. The molecule has 0 radical (unpaired) electrons. The highest BCUT2D eigenvalue weighted by atomic mass is 32.2. The largest absolute Gasteiger partial charge is 0.489 e. The second-order valence-corrected chi connectivity index (χ2v) is 10.5. The Morgan fingerprint density at radius 1 is 1.39 bits per heavy atom. The smallest absolute Gasteiger partial charge is 0.259 e. The zero-order valence-electron chi connectivity index (χ0n) is 17.0. The number of sulfonamides is 1. The van der Waals surface area contributed by atoms with E-state index in [0.29, 0.717) is 51.7 Å². The van der Waals surface area contributed by atoms with E-state index in [1.54, 1.807) is 13.0 Å². The summed E-state index contributed by atoms with van der Waals surface area (Å²) < 4.78 is 44.9. The number of carbonyl (C=O) groups is 1. The monoisotopic (exact) mass is 464 g/mol. The van der Waals surface area contributed by atoms with Gasteiger partial charge in [-0.25, -0.2) is 22.8 Å². The maximum Gasteiger partial charge on any atom is 0.259 e. The first-order chi connectivity index (χ1) is 14.6. The summed E-state index contributed by atoms with van der Waals surface area (Å²) in [6.07, 6.45) is 3.06. The van der Waals surface area contributed by atoms with Gasteiger partial charge in [0.1, 0.15) is 28.8 Å². The highest BCUT2D eigenvalue weighted by Gasteiger charge is 2.30. The van der Waals surface area contributed by atoms with Crippen LogP contribution in [0.1, 0.15) is 32.9 Å². The van der Waals surface area contributed by atoms with Gasteiger partial charge in [-0.1, -0.05) is 6.07 Å². The molecule has 2 aromatic heterocycles. The zero-order valence-corrected chi connectivity index (χ0v) is 18.6. The minimum Gasteiger partial charge on any atom is -0.489 e. The van der Waals surface area contributed by atoms with Gasteiger partial charge >= 0.3 is 0 Å². The number of hydrogen-bond donors (Lipinski definition) is 1. The van der Waals surface area contributed by atoms with Gasteiger partial charge in [0.25, 0.3) is 5.91 Å². The van der Waals surface area contributed by atoms with E-state index in [1.165, 1.54) is 34.1 Å². The fraction of sp³-hybridized carbons (Fsp3) is 0.350. The Kier molecular flexibility index (Phi) is 5.67. The van der Waals surface area contributed by atoms with Crippen molar-refractivity contribution in [2.75, 3.05) is 19.3 Å². The summed E-state index contributed by atoms with van der Waals surface area (Å²) in [5.41, 5.74) is 7.56. The zero-order chi connectivity index (χ0) is 22.3. The summed E-state index contributed by atoms with van der Waals surface area (Å²) in [5, 5.41) is 0.751. The molecule has 3 heterocycles. The van der Waals surface area contributed by atoms with Gasteiger partial charge in [-0.2, -0.15) is 4.31 Å². The van der Waals surface area contributed by atoms with Crippen LogP contribution in [0.3, 0.4) is 0 Å². The summed E-state index contributed by atoms with van der Waals surface area (Å²) in [4.78, 5) is 21.4. The summed E-state index contributed by atoms with van der Waals surface area (Å²) >= 11 is 1.21. The first-order valence-corrected chi connectivity index (χ1v) is 12.2. The van der Waals surface area contributed by atoms with Gasteiger partial charge in [0.05, 0.1) is 23.4 Å². The minimum absolute atomic E-state index is 0.220. The Bertz CT molecular complexity index is 1280. The van der Waals surface area contributed by atoms with Crippen LogP contribution in [-0.2, 0) is 16.4 Å². The molecule has 2 N–H and O–H groups in total. The van der Waals surface area contributed by atoms with Crippen LogP contribution in [-0.4, -0.2) is 54.0 Å². The molecule has 164 valence electrons. The third kappa shape index (κ3) is 4.39. The molecule has 8 nitrogen and oxygen atoms in total. The molecular weight excluding hydrogens is 443 g/mol. The van der Waals surface area contributed by atoms with Crippen LogP contribution in [0.25, 0.3) is 10.2 Å². The quantitative estimate of drug-likeness (QED) is 0.598. The summed E-state index contributed by atoms with van der Waals surface area (Å²) in [6, 6.07) is 4.26. The predicted molar refractivity (Wildman–Crippen MR) is 115 cm³/mol. The van der Waals surface area contributed by atoms with Gasteiger partial charge in [0, 0.05) is 30.0 Å². The van der Waals surface area contributed by atoms with Crippen LogP contribution in [0.4, 0.5) is 4.39 Å². The molecule has 0 unspecified atom stereocenters. The molecular formula is C20H21FN4O4S2. The number of benzene rings is 1. The molecule has 1 aliphatic heterocycles. The lowest BCUT2D eigenvalue weighted by Crippen LogP contribution is -2.30. The van der Waals surface area contributed by atoms with Gasteiger partial charge < -0.3 is 10.5 Å². The number of carbonyl (C=O) groups excluding carboxylic acids is 1. The van der Waals surface area contributed by atoms with E-state index in [0.717, 1.165) is 11.6 Å². The number of thiophene rings is 1. The topological polar surface area (TPSA) is 115 Å². The van der Waals surface area contributed by atoms with Gasteiger partial charge in [-0.15, -0.1) is 11.3 Å². The van der Waals surface area contributed by atoms with Gasteiger partial charge in [-0.3, -0.25) is 4.79 Å². The van der Waals surface area contributed by atoms with Crippen molar-refractivity contribution in [3.05, 3.63) is 52.0 Å². The molecule has 1 atom stereocenters. The number of nitrogens with two attached hydrogens (primary N) is 1. The van der Waals surface area contributed by atoms with Crippen LogP contribution in [0.2, 0.25) is 0 Å². The van der Waals surface area contributed by atoms with Crippen molar-refractivity contribution in [3.8, 4) is 5.75 Å². The second-order valence-electron chi connectivity index (χ2n) is 7.50. The van der Waals surface area contributed by atoms with Crippen molar-refractivity contribution in [1.29, 1.82) is 0 Å². The van der Waals surface area contributed by atoms with E-state index in [-0.39, 0.29) is 12.6 Å². The van der Waals surface area contributed by atoms with Gasteiger partial charge in [0.2, 0.25) is 10.0 Å². The van der Waals surface area contributed by atoms with E-state index in [9.17, 15) is 17.6 Å². The van der Waals surface area contributed by atoms with E-state index in [2.05, 4.69) is 9.97 Å². The Balaban J connectivity index is 1.65. The Labute approximate surface area is 182 Å². The average Bonchev–Trinajstić information content (AvgIpc) is 3.29. The van der Waals surface area contributed by atoms with Crippen LogP contribution >= 0.6 is 11.3 Å². The van der Waals surface area contributed by atoms with E-state index in [4.69, 9.17) is 10.5 Å². The van der Waals surface area contributed by atoms with Crippen molar-refractivity contribution in [2.45, 2.75) is 25.9 Å². The third-order valence-electron chi connectivity index (χ3n) is 5.29. The molecule has 1 amide bonds. The minimum atomic E-state index is -3.30. The molecule has 1 aliphatic rings. The molecule has 0 bridgehead atoms. The van der Waals surface area contributed by atoms with E-state index in [1.807, 2.05) is 0 Å². The van der Waals surface area contributed by atoms with Gasteiger partial charge in [0.15, 0.2) is 0 Å².